The lowest BCUT2D eigenvalue weighted by molar-refractivity contribution is -0.121. The highest BCUT2D eigenvalue weighted by molar-refractivity contribution is 7.89. The molecule has 1 amide bonds. The molecule has 0 saturated carbocycles. The minimum atomic E-state index is -3.64. The van der Waals surface area contributed by atoms with Crippen LogP contribution >= 0.6 is 12.4 Å². The first-order valence-corrected chi connectivity index (χ1v) is 10.5. The second-order valence-electron chi connectivity index (χ2n) is 6.75. The highest BCUT2D eigenvalue weighted by Crippen LogP contribution is 2.26. The summed E-state index contributed by atoms with van der Waals surface area (Å²) in [6, 6.07) is -0.223. The summed E-state index contributed by atoms with van der Waals surface area (Å²) in [5, 5.41) is 2.95. The number of fused-ring (bicyclic) bond motifs is 1. The van der Waals surface area contributed by atoms with Crippen LogP contribution in [0.15, 0.2) is 11.2 Å². The zero-order valence-electron chi connectivity index (χ0n) is 14.9. The van der Waals surface area contributed by atoms with Crippen LogP contribution in [0.2, 0.25) is 0 Å². The fourth-order valence-electron chi connectivity index (χ4n) is 3.58. The molecule has 3 N–H and O–H groups in total. The SMILES string of the molecule is Cl.NCCC(=O)NCC1CCCCN1S(=O)(=O)c1cn2c(n1)CCCC2. The molecule has 26 heavy (non-hydrogen) atoms. The van der Waals surface area contributed by atoms with E-state index in [1.165, 1.54) is 4.31 Å². The number of hydrogen-bond acceptors (Lipinski definition) is 5. The maximum absolute atomic E-state index is 13.1. The number of nitrogens with two attached hydrogens (primary N) is 1. The first-order chi connectivity index (χ1) is 12.0. The van der Waals surface area contributed by atoms with Gasteiger partial charge in [0.2, 0.25) is 5.91 Å². The van der Waals surface area contributed by atoms with Gasteiger partial charge < -0.3 is 15.6 Å². The van der Waals surface area contributed by atoms with E-state index >= 15 is 0 Å². The lowest BCUT2D eigenvalue weighted by Crippen LogP contribution is -2.49. The van der Waals surface area contributed by atoms with E-state index in [1.54, 1.807) is 6.20 Å². The van der Waals surface area contributed by atoms with Crippen LogP contribution in [0.5, 0.6) is 0 Å². The van der Waals surface area contributed by atoms with Crippen molar-refractivity contribution in [1.82, 2.24) is 19.2 Å². The largest absolute Gasteiger partial charge is 0.354 e. The van der Waals surface area contributed by atoms with Gasteiger partial charge in [0.05, 0.1) is 0 Å². The van der Waals surface area contributed by atoms with E-state index in [1.807, 2.05) is 4.57 Å². The molecule has 3 heterocycles. The molecule has 3 rings (SSSR count). The molecule has 1 aromatic heterocycles. The van der Waals surface area contributed by atoms with Gasteiger partial charge in [-0.25, -0.2) is 13.4 Å². The fraction of sp³-hybridized carbons (Fsp3) is 0.750. The lowest BCUT2D eigenvalue weighted by Gasteiger charge is -2.34. The zero-order chi connectivity index (χ0) is 17.9. The Hall–Kier alpha value is -1.16. The smallest absolute Gasteiger partial charge is 0.262 e. The van der Waals surface area contributed by atoms with E-state index in [4.69, 9.17) is 5.73 Å². The van der Waals surface area contributed by atoms with Crippen LogP contribution in [0, 0.1) is 0 Å². The van der Waals surface area contributed by atoms with Gasteiger partial charge >= 0.3 is 0 Å². The summed E-state index contributed by atoms with van der Waals surface area (Å²) >= 11 is 0. The molecule has 148 valence electrons. The van der Waals surface area contributed by atoms with Gasteiger partial charge in [-0.15, -0.1) is 12.4 Å². The van der Waals surface area contributed by atoms with E-state index in [2.05, 4.69) is 10.3 Å². The van der Waals surface area contributed by atoms with Crippen LogP contribution in [0.25, 0.3) is 0 Å². The number of carbonyl (C=O) groups excluding carboxylic acids is 1. The molecule has 1 atom stereocenters. The van der Waals surface area contributed by atoms with E-state index in [9.17, 15) is 13.2 Å². The monoisotopic (exact) mass is 405 g/mol. The summed E-state index contributed by atoms with van der Waals surface area (Å²) in [5.74, 6) is 0.720. The van der Waals surface area contributed by atoms with Gasteiger partial charge in [0, 0.05) is 51.3 Å². The van der Waals surface area contributed by atoms with Gasteiger partial charge in [-0.05, 0) is 25.7 Å². The Labute approximate surface area is 161 Å². The number of nitrogens with zero attached hydrogens (tertiary/aromatic N) is 3. The first-order valence-electron chi connectivity index (χ1n) is 9.07. The Kier molecular flexibility index (Phi) is 7.45. The lowest BCUT2D eigenvalue weighted by atomic mass is 10.1. The normalized spacial score (nSPS) is 20.9. The minimum Gasteiger partial charge on any atom is -0.354 e. The molecular weight excluding hydrogens is 378 g/mol. The molecule has 1 saturated heterocycles. The molecule has 10 heteroatoms. The number of halogens is 1. The van der Waals surface area contributed by atoms with E-state index in [-0.39, 0.29) is 35.8 Å². The van der Waals surface area contributed by atoms with Crippen molar-refractivity contribution in [3.05, 3.63) is 12.0 Å². The van der Waals surface area contributed by atoms with E-state index in [0.717, 1.165) is 50.9 Å². The van der Waals surface area contributed by atoms with Crippen molar-refractivity contribution in [2.45, 2.75) is 62.6 Å². The van der Waals surface area contributed by atoms with Crippen molar-refractivity contribution >= 4 is 28.3 Å². The van der Waals surface area contributed by atoms with Crippen LogP contribution in [-0.2, 0) is 27.8 Å². The van der Waals surface area contributed by atoms with Crippen molar-refractivity contribution in [2.75, 3.05) is 19.6 Å². The van der Waals surface area contributed by atoms with Crippen molar-refractivity contribution in [3.63, 3.8) is 0 Å². The second kappa shape index (κ2) is 9.16. The van der Waals surface area contributed by atoms with Crippen LogP contribution in [-0.4, -0.2) is 53.9 Å². The standard InChI is InChI=1S/C16H27N5O3S.ClH/c17-8-7-15(22)18-11-13-5-1-4-10-21(13)25(23,24)16-12-20-9-3-2-6-14(20)19-16;/h12-13H,1-11,17H2,(H,18,22);1H. The summed E-state index contributed by atoms with van der Waals surface area (Å²) < 4.78 is 29.7. The second-order valence-corrected chi connectivity index (χ2v) is 8.59. The Morgan fingerprint density at radius 2 is 2.04 bits per heavy atom. The topological polar surface area (TPSA) is 110 Å². The molecule has 1 fully saturated rings. The van der Waals surface area contributed by atoms with Gasteiger partial charge in [-0.3, -0.25) is 4.79 Å². The third kappa shape index (κ3) is 4.57. The first kappa shape index (κ1) is 21.1. The average molecular weight is 406 g/mol. The predicted octanol–water partition coefficient (Wildman–Crippen LogP) is 0.649. The zero-order valence-corrected chi connectivity index (χ0v) is 16.5. The van der Waals surface area contributed by atoms with Crippen molar-refractivity contribution in [3.8, 4) is 0 Å². The maximum atomic E-state index is 13.1. The van der Waals surface area contributed by atoms with Gasteiger partial charge in [-0.2, -0.15) is 4.31 Å². The summed E-state index contributed by atoms with van der Waals surface area (Å²) in [7, 11) is -3.64. The number of nitrogens with one attached hydrogen (secondary N) is 1. The van der Waals surface area contributed by atoms with Crippen molar-refractivity contribution in [2.24, 2.45) is 5.73 Å². The fourth-order valence-corrected chi connectivity index (χ4v) is 5.24. The summed E-state index contributed by atoms with van der Waals surface area (Å²) in [5.41, 5.74) is 5.38. The highest BCUT2D eigenvalue weighted by Gasteiger charge is 2.35. The van der Waals surface area contributed by atoms with Crippen LogP contribution < -0.4 is 11.1 Å². The average Bonchev–Trinajstić information content (AvgIpc) is 3.05. The van der Waals surface area contributed by atoms with Gasteiger partial charge in [0.1, 0.15) is 5.82 Å². The maximum Gasteiger partial charge on any atom is 0.262 e. The van der Waals surface area contributed by atoms with Crippen LogP contribution in [0.3, 0.4) is 0 Å². The summed E-state index contributed by atoms with van der Waals surface area (Å²) in [6.45, 7) is 1.92. The Bertz CT molecular complexity index is 698. The number of amides is 1. The molecule has 0 bridgehead atoms. The third-order valence-corrected chi connectivity index (χ3v) is 6.76. The minimum absolute atomic E-state index is 0. The molecule has 2 aliphatic heterocycles. The molecule has 0 radical (unpaired) electrons. The van der Waals surface area contributed by atoms with Crippen LogP contribution in [0.4, 0.5) is 0 Å². The number of aromatic nitrogens is 2. The molecule has 1 unspecified atom stereocenters. The number of rotatable bonds is 6. The molecule has 0 aliphatic carbocycles. The number of sulfonamides is 1. The van der Waals surface area contributed by atoms with E-state index < -0.39 is 10.0 Å². The van der Waals surface area contributed by atoms with Crippen molar-refractivity contribution in [1.29, 1.82) is 0 Å². The number of piperidine rings is 1. The number of carbonyl (C=O) groups is 1. The molecule has 0 spiro atoms. The van der Waals surface area contributed by atoms with Gasteiger partial charge in [0.25, 0.3) is 10.0 Å². The molecule has 1 aromatic rings. The Morgan fingerprint density at radius 1 is 1.27 bits per heavy atom. The number of aryl methyl sites for hydroxylation is 2. The van der Waals surface area contributed by atoms with E-state index in [0.29, 0.717) is 19.6 Å². The highest BCUT2D eigenvalue weighted by atomic mass is 35.5. The quantitative estimate of drug-likeness (QED) is 0.721. The molecule has 2 aliphatic rings. The Morgan fingerprint density at radius 3 is 2.77 bits per heavy atom. The molecule has 0 aromatic carbocycles. The predicted molar refractivity (Wildman–Crippen MR) is 101 cm³/mol. The summed E-state index contributed by atoms with van der Waals surface area (Å²) in [6.07, 6.45) is 7.40. The van der Waals surface area contributed by atoms with Crippen LogP contribution in [0.1, 0.15) is 44.3 Å². The van der Waals surface area contributed by atoms with Crippen molar-refractivity contribution < 1.29 is 13.2 Å². The summed E-state index contributed by atoms with van der Waals surface area (Å²) in [4.78, 5) is 16.1. The molecule has 8 nitrogen and oxygen atoms in total. The van der Waals surface area contributed by atoms with Gasteiger partial charge in [0.15, 0.2) is 5.03 Å². The van der Waals surface area contributed by atoms with Gasteiger partial charge in [-0.1, -0.05) is 6.42 Å². The number of hydrogen-bond donors (Lipinski definition) is 2. The molecular formula is C16H28ClN5O3S. The number of imidazole rings is 1. The Balaban J connectivity index is 0.00000243. The third-order valence-electron chi connectivity index (χ3n) is 4.94.